The molecule has 0 spiro atoms. The Labute approximate surface area is 189 Å². The second kappa shape index (κ2) is 11.0. The smallest absolute Gasteiger partial charge is 0.262 e. The molecule has 2 N–H and O–H groups in total. The number of aryl methyl sites for hydroxylation is 1. The molecule has 0 bridgehead atoms. The van der Waals surface area contributed by atoms with E-state index in [4.69, 9.17) is 9.47 Å². The van der Waals surface area contributed by atoms with Crippen molar-refractivity contribution in [2.45, 2.75) is 43.4 Å². The first-order valence-corrected chi connectivity index (χ1v) is 12.1. The SMILES string of the molecule is COc1ccc(OC)c(CCC(=O)Nc2cccc(S(=O)(=O)NC3=NCCCCC3)c2)c1. The Morgan fingerprint density at radius 2 is 1.91 bits per heavy atom. The zero-order valence-electron chi connectivity index (χ0n) is 18.4. The number of rotatable bonds is 8. The predicted octanol–water partition coefficient (Wildman–Crippen LogP) is 3.53. The van der Waals surface area contributed by atoms with Crippen LogP contribution in [-0.2, 0) is 21.2 Å². The largest absolute Gasteiger partial charge is 0.497 e. The van der Waals surface area contributed by atoms with Crippen LogP contribution in [0.4, 0.5) is 5.69 Å². The van der Waals surface area contributed by atoms with E-state index in [1.54, 1.807) is 38.5 Å². The highest BCUT2D eigenvalue weighted by Crippen LogP contribution is 2.25. The van der Waals surface area contributed by atoms with Crippen LogP contribution in [0.5, 0.6) is 11.5 Å². The maximum atomic E-state index is 12.8. The van der Waals surface area contributed by atoms with E-state index in [0.717, 1.165) is 24.8 Å². The molecule has 1 heterocycles. The summed E-state index contributed by atoms with van der Waals surface area (Å²) in [4.78, 5) is 16.9. The van der Waals surface area contributed by atoms with Crippen molar-refractivity contribution in [1.29, 1.82) is 0 Å². The van der Waals surface area contributed by atoms with Crippen LogP contribution in [0.15, 0.2) is 52.4 Å². The van der Waals surface area contributed by atoms with Gasteiger partial charge in [0.15, 0.2) is 0 Å². The zero-order valence-corrected chi connectivity index (χ0v) is 19.2. The number of amides is 1. The minimum Gasteiger partial charge on any atom is -0.497 e. The topological polar surface area (TPSA) is 106 Å². The van der Waals surface area contributed by atoms with Crippen molar-refractivity contribution in [3.63, 3.8) is 0 Å². The van der Waals surface area contributed by atoms with Crippen molar-refractivity contribution in [1.82, 2.24) is 4.72 Å². The minimum absolute atomic E-state index is 0.0803. The molecule has 32 heavy (non-hydrogen) atoms. The summed E-state index contributed by atoms with van der Waals surface area (Å²) in [6, 6.07) is 11.6. The molecule has 0 unspecified atom stereocenters. The van der Waals surface area contributed by atoms with Crippen LogP contribution in [0.2, 0.25) is 0 Å². The molecule has 8 nitrogen and oxygen atoms in total. The average molecular weight is 460 g/mol. The van der Waals surface area contributed by atoms with Gasteiger partial charge in [-0.15, -0.1) is 0 Å². The summed E-state index contributed by atoms with van der Waals surface area (Å²) in [6.45, 7) is 0.631. The second-order valence-corrected chi connectivity index (χ2v) is 9.18. The van der Waals surface area contributed by atoms with Crippen LogP contribution in [-0.4, -0.2) is 40.9 Å². The van der Waals surface area contributed by atoms with Gasteiger partial charge in [0, 0.05) is 25.1 Å². The number of benzene rings is 2. The van der Waals surface area contributed by atoms with Gasteiger partial charge in [-0.25, -0.2) is 8.42 Å². The lowest BCUT2D eigenvalue weighted by atomic mass is 10.1. The molecular formula is C23H29N3O5S. The Morgan fingerprint density at radius 3 is 2.69 bits per heavy atom. The van der Waals surface area contributed by atoms with Gasteiger partial charge in [0.25, 0.3) is 10.0 Å². The number of aliphatic imine (C=N–C) groups is 1. The van der Waals surface area contributed by atoms with Gasteiger partial charge in [0.2, 0.25) is 5.91 Å². The Bertz CT molecular complexity index is 1080. The number of ether oxygens (including phenoxy) is 2. The van der Waals surface area contributed by atoms with Gasteiger partial charge < -0.3 is 14.8 Å². The van der Waals surface area contributed by atoms with Crippen LogP contribution >= 0.6 is 0 Å². The van der Waals surface area contributed by atoms with E-state index in [1.165, 1.54) is 12.1 Å². The molecule has 0 radical (unpaired) electrons. The summed E-state index contributed by atoms with van der Waals surface area (Å²) < 4.78 is 38.7. The molecule has 2 aromatic rings. The molecule has 1 aliphatic heterocycles. The molecule has 0 aromatic heterocycles. The van der Waals surface area contributed by atoms with Crippen LogP contribution in [0, 0.1) is 0 Å². The van der Waals surface area contributed by atoms with E-state index in [1.807, 2.05) is 6.07 Å². The van der Waals surface area contributed by atoms with Crippen molar-refractivity contribution >= 4 is 27.5 Å². The van der Waals surface area contributed by atoms with Gasteiger partial charge in [-0.1, -0.05) is 12.5 Å². The fourth-order valence-electron chi connectivity index (χ4n) is 3.46. The highest BCUT2D eigenvalue weighted by atomic mass is 32.2. The number of anilines is 1. The Hall–Kier alpha value is -3.07. The standard InChI is InChI=1S/C23H29N3O5S/c1-30-19-11-12-21(31-2)17(15-19)10-13-23(27)25-18-7-6-8-20(16-18)32(28,29)26-22-9-4-3-5-14-24-22/h6-8,11-12,15-16H,3-5,9-10,13-14H2,1-2H3,(H,24,26)(H,25,27). The normalized spacial score (nSPS) is 14.1. The zero-order chi connectivity index (χ0) is 23.0. The van der Waals surface area contributed by atoms with Crippen LogP contribution in [0.3, 0.4) is 0 Å². The first kappa shape index (κ1) is 23.6. The number of nitrogens with one attached hydrogen (secondary N) is 2. The van der Waals surface area contributed by atoms with Crippen molar-refractivity contribution < 1.29 is 22.7 Å². The minimum atomic E-state index is -3.77. The maximum Gasteiger partial charge on any atom is 0.262 e. The molecule has 1 aliphatic rings. The molecule has 3 rings (SSSR count). The number of sulfonamides is 1. The van der Waals surface area contributed by atoms with Gasteiger partial charge in [-0.2, -0.15) is 0 Å². The third kappa shape index (κ3) is 6.46. The molecular weight excluding hydrogens is 430 g/mol. The average Bonchev–Trinajstić information content (AvgIpc) is 3.05. The summed E-state index contributed by atoms with van der Waals surface area (Å²) in [6.07, 6.45) is 4.19. The van der Waals surface area contributed by atoms with Crippen LogP contribution in [0.1, 0.15) is 37.7 Å². The van der Waals surface area contributed by atoms with Gasteiger partial charge in [0.05, 0.1) is 19.1 Å². The summed E-state index contributed by atoms with van der Waals surface area (Å²) in [5, 5.41) is 2.77. The predicted molar refractivity (Wildman–Crippen MR) is 124 cm³/mol. The maximum absolute atomic E-state index is 12.8. The quantitative estimate of drug-likeness (QED) is 0.628. The molecule has 172 valence electrons. The van der Waals surface area contributed by atoms with E-state index in [0.29, 0.717) is 42.4 Å². The Kier molecular flexibility index (Phi) is 8.10. The Morgan fingerprint density at radius 1 is 1.06 bits per heavy atom. The van der Waals surface area contributed by atoms with Crippen molar-refractivity contribution in [2.75, 3.05) is 26.1 Å². The number of amidine groups is 1. The molecule has 0 atom stereocenters. The van der Waals surface area contributed by atoms with E-state index >= 15 is 0 Å². The highest BCUT2D eigenvalue weighted by Gasteiger charge is 2.18. The fourth-order valence-corrected chi connectivity index (χ4v) is 4.60. The van der Waals surface area contributed by atoms with E-state index in [2.05, 4.69) is 15.0 Å². The lowest BCUT2D eigenvalue weighted by Crippen LogP contribution is -2.30. The first-order valence-electron chi connectivity index (χ1n) is 10.6. The summed E-state index contributed by atoms with van der Waals surface area (Å²) in [5.41, 5.74) is 1.27. The van der Waals surface area contributed by atoms with Crippen molar-refractivity contribution in [3.05, 3.63) is 48.0 Å². The molecule has 1 amide bonds. The molecule has 0 fully saturated rings. The van der Waals surface area contributed by atoms with Crippen LogP contribution < -0.4 is 19.5 Å². The van der Waals surface area contributed by atoms with Crippen LogP contribution in [0.25, 0.3) is 0 Å². The number of carbonyl (C=O) groups excluding carboxylic acids is 1. The third-order valence-corrected chi connectivity index (χ3v) is 6.54. The highest BCUT2D eigenvalue weighted by molar-refractivity contribution is 7.90. The van der Waals surface area contributed by atoms with E-state index in [-0.39, 0.29) is 17.2 Å². The van der Waals surface area contributed by atoms with Gasteiger partial charge >= 0.3 is 0 Å². The Balaban J connectivity index is 1.64. The third-order valence-electron chi connectivity index (χ3n) is 5.16. The number of hydrogen-bond donors (Lipinski definition) is 2. The number of methoxy groups -OCH3 is 2. The second-order valence-electron chi connectivity index (χ2n) is 7.50. The lowest BCUT2D eigenvalue weighted by Gasteiger charge is -2.12. The molecule has 0 aliphatic carbocycles. The van der Waals surface area contributed by atoms with Gasteiger partial charge in [-0.05, 0) is 61.2 Å². The molecule has 0 saturated heterocycles. The summed E-state index contributed by atoms with van der Waals surface area (Å²) >= 11 is 0. The number of hydrogen-bond acceptors (Lipinski definition) is 6. The summed E-state index contributed by atoms with van der Waals surface area (Å²) in [5.74, 6) is 1.62. The number of nitrogens with zero attached hydrogens (tertiary/aromatic N) is 1. The number of carbonyl (C=O) groups is 1. The summed E-state index contributed by atoms with van der Waals surface area (Å²) in [7, 11) is -0.614. The van der Waals surface area contributed by atoms with E-state index in [9.17, 15) is 13.2 Å². The monoisotopic (exact) mass is 459 g/mol. The fraction of sp³-hybridized carbons (Fsp3) is 0.391. The molecule has 9 heteroatoms. The van der Waals surface area contributed by atoms with Crippen molar-refractivity contribution in [2.24, 2.45) is 4.99 Å². The van der Waals surface area contributed by atoms with Gasteiger partial charge in [0.1, 0.15) is 17.3 Å². The van der Waals surface area contributed by atoms with Gasteiger partial charge in [-0.3, -0.25) is 14.5 Å². The van der Waals surface area contributed by atoms with E-state index < -0.39 is 10.0 Å². The first-order chi connectivity index (χ1) is 15.4. The molecule has 2 aromatic carbocycles. The molecule has 0 saturated carbocycles. The van der Waals surface area contributed by atoms with Crippen molar-refractivity contribution in [3.8, 4) is 11.5 Å². The lowest BCUT2D eigenvalue weighted by molar-refractivity contribution is -0.116.